The van der Waals surface area contributed by atoms with E-state index in [1.54, 1.807) is 7.11 Å². The van der Waals surface area contributed by atoms with Crippen LogP contribution in [0.15, 0.2) is 22.6 Å². The van der Waals surface area contributed by atoms with Crippen molar-refractivity contribution in [3.05, 3.63) is 29.5 Å². The number of nitrogens with one attached hydrogen (secondary N) is 1. The lowest BCUT2D eigenvalue weighted by Crippen LogP contribution is -2.18. The highest BCUT2D eigenvalue weighted by atomic mass is 16.5. The van der Waals surface area contributed by atoms with E-state index in [1.165, 1.54) is 5.56 Å². The molecule has 0 saturated carbocycles. The first-order valence-corrected chi connectivity index (χ1v) is 6.94. The summed E-state index contributed by atoms with van der Waals surface area (Å²) in [5.74, 6) is 2.43. The van der Waals surface area contributed by atoms with Gasteiger partial charge in [0, 0.05) is 5.39 Å². The molecule has 0 radical (unpaired) electrons. The zero-order valence-corrected chi connectivity index (χ0v) is 12.2. The molecule has 2 rings (SSSR count). The molecule has 1 aromatic carbocycles. The van der Waals surface area contributed by atoms with E-state index in [1.807, 2.05) is 0 Å². The highest BCUT2D eigenvalue weighted by molar-refractivity contribution is 5.84. The van der Waals surface area contributed by atoms with Crippen LogP contribution in [0.2, 0.25) is 0 Å². The Balaban J connectivity index is 2.23. The molecule has 1 N–H and O–H groups in total. The fourth-order valence-corrected chi connectivity index (χ4v) is 2.16. The Kier molecular flexibility index (Phi) is 4.48. The van der Waals surface area contributed by atoms with Crippen LogP contribution >= 0.6 is 0 Å². The van der Waals surface area contributed by atoms with Crippen molar-refractivity contribution in [1.82, 2.24) is 5.32 Å². The summed E-state index contributed by atoms with van der Waals surface area (Å²) in [6.07, 6.45) is 0.998. The van der Waals surface area contributed by atoms with Crippen LogP contribution in [-0.4, -0.2) is 13.7 Å². The molecule has 0 spiro atoms. The van der Waals surface area contributed by atoms with Crippen molar-refractivity contribution in [2.75, 3.05) is 13.7 Å². The third kappa shape index (κ3) is 3.29. The largest absolute Gasteiger partial charge is 0.493 e. The van der Waals surface area contributed by atoms with Crippen LogP contribution in [0.1, 0.15) is 32.1 Å². The van der Waals surface area contributed by atoms with Crippen LogP contribution in [0.3, 0.4) is 0 Å². The van der Waals surface area contributed by atoms with Gasteiger partial charge in [-0.05, 0) is 42.6 Å². The van der Waals surface area contributed by atoms with E-state index in [-0.39, 0.29) is 0 Å². The van der Waals surface area contributed by atoms with Gasteiger partial charge in [-0.1, -0.05) is 20.8 Å². The SMILES string of the molecule is CCc1cc(OC)c2oc(CNCC(C)C)cc2c1. The first-order chi connectivity index (χ1) is 9.13. The number of methoxy groups -OCH3 is 1. The van der Waals surface area contributed by atoms with Gasteiger partial charge in [0.15, 0.2) is 11.3 Å². The summed E-state index contributed by atoms with van der Waals surface area (Å²) in [6, 6.07) is 6.33. The predicted octanol–water partition coefficient (Wildman–Crippen LogP) is 3.75. The fraction of sp³-hybridized carbons (Fsp3) is 0.500. The van der Waals surface area contributed by atoms with Gasteiger partial charge in [-0.3, -0.25) is 0 Å². The van der Waals surface area contributed by atoms with E-state index in [4.69, 9.17) is 9.15 Å². The van der Waals surface area contributed by atoms with Crippen molar-refractivity contribution in [1.29, 1.82) is 0 Å². The number of benzene rings is 1. The van der Waals surface area contributed by atoms with Gasteiger partial charge in [-0.15, -0.1) is 0 Å². The topological polar surface area (TPSA) is 34.4 Å². The second-order valence-electron chi connectivity index (χ2n) is 5.31. The Morgan fingerprint density at radius 1 is 1.26 bits per heavy atom. The Morgan fingerprint density at radius 2 is 2.05 bits per heavy atom. The van der Waals surface area contributed by atoms with Gasteiger partial charge < -0.3 is 14.5 Å². The van der Waals surface area contributed by atoms with Gasteiger partial charge >= 0.3 is 0 Å². The minimum atomic E-state index is 0.644. The molecule has 1 aromatic heterocycles. The van der Waals surface area contributed by atoms with E-state index in [0.717, 1.165) is 42.0 Å². The second kappa shape index (κ2) is 6.11. The summed E-state index contributed by atoms with van der Waals surface area (Å²) in [4.78, 5) is 0. The Hall–Kier alpha value is -1.48. The molecule has 0 aliphatic carbocycles. The first-order valence-electron chi connectivity index (χ1n) is 6.94. The van der Waals surface area contributed by atoms with Crippen molar-refractivity contribution >= 4 is 11.0 Å². The van der Waals surface area contributed by atoms with Crippen LogP contribution in [0.25, 0.3) is 11.0 Å². The zero-order chi connectivity index (χ0) is 13.8. The molecule has 19 heavy (non-hydrogen) atoms. The van der Waals surface area contributed by atoms with Gasteiger partial charge in [-0.25, -0.2) is 0 Å². The van der Waals surface area contributed by atoms with Crippen LogP contribution in [-0.2, 0) is 13.0 Å². The van der Waals surface area contributed by atoms with Crippen molar-refractivity contribution in [2.24, 2.45) is 5.92 Å². The molecule has 2 aromatic rings. The molecule has 0 aliphatic rings. The molecule has 0 amide bonds. The molecule has 0 atom stereocenters. The first kappa shape index (κ1) is 13.9. The number of fused-ring (bicyclic) bond motifs is 1. The van der Waals surface area contributed by atoms with Gasteiger partial charge in [0.25, 0.3) is 0 Å². The van der Waals surface area contributed by atoms with Crippen molar-refractivity contribution < 1.29 is 9.15 Å². The van der Waals surface area contributed by atoms with Crippen molar-refractivity contribution in [2.45, 2.75) is 33.7 Å². The molecule has 0 fully saturated rings. The second-order valence-corrected chi connectivity index (χ2v) is 5.31. The summed E-state index contributed by atoms with van der Waals surface area (Å²) in [5, 5.41) is 4.52. The van der Waals surface area contributed by atoms with E-state index in [2.05, 4.69) is 44.3 Å². The monoisotopic (exact) mass is 261 g/mol. The minimum absolute atomic E-state index is 0.644. The van der Waals surface area contributed by atoms with Crippen LogP contribution < -0.4 is 10.1 Å². The van der Waals surface area contributed by atoms with Gasteiger partial charge in [0.2, 0.25) is 0 Å². The average Bonchev–Trinajstić information content (AvgIpc) is 2.79. The molecule has 3 nitrogen and oxygen atoms in total. The van der Waals surface area contributed by atoms with Crippen LogP contribution in [0.4, 0.5) is 0 Å². The summed E-state index contributed by atoms with van der Waals surface area (Å²) in [7, 11) is 1.69. The standard InChI is InChI=1S/C16H23NO2/c1-5-12-6-13-8-14(10-17-9-11(2)3)19-16(13)15(7-12)18-4/h6-8,11,17H,5,9-10H2,1-4H3. The van der Waals surface area contributed by atoms with Gasteiger partial charge in [0.1, 0.15) is 5.76 Å². The molecular weight excluding hydrogens is 238 g/mol. The quantitative estimate of drug-likeness (QED) is 0.860. The minimum Gasteiger partial charge on any atom is -0.493 e. The molecule has 0 aliphatic heterocycles. The third-order valence-electron chi connectivity index (χ3n) is 3.17. The smallest absolute Gasteiger partial charge is 0.176 e. The number of hydrogen-bond donors (Lipinski definition) is 1. The van der Waals surface area contributed by atoms with Gasteiger partial charge in [0.05, 0.1) is 13.7 Å². The predicted molar refractivity (Wildman–Crippen MR) is 78.7 cm³/mol. The Bertz CT molecular complexity index is 543. The maximum absolute atomic E-state index is 5.88. The van der Waals surface area contributed by atoms with E-state index in [0.29, 0.717) is 5.92 Å². The van der Waals surface area contributed by atoms with E-state index in [9.17, 15) is 0 Å². The molecule has 3 heteroatoms. The maximum Gasteiger partial charge on any atom is 0.176 e. The highest BCUT2D eigenvalue weighted by Crippen LogP contribution is 2.30. The summed E-state index contributed by atoms with van der Waals surface area (Å²) in [6.45, 7) is 8.29. The molecule has 104 valence electrons. The summed E-state index contributed by atoms with van der Waals surface area (Å²) < 4.78 is 11.3. The number of hydrogen-bond acceptors (Lipinski definition) is 3. The number of furan rings is 1. The summed E-state index contributed by atoms with van der Waals surface area (Å²) >= 11 is 0. The number of rotatable bonds is 6. The van der Waals surface area contributed by atoms with E-state index >= 15 is 0 Å². The molecule has 0 saturated heterocycles. The normalized spacial score (nSPS) is 11.4. The molecule has 0 unspecified atom stereocenters. The van der Waals surface area contributed by atoms with Crippen LogP contribution in [0, 0.1) is 5.92 Å². The fourth-order valence-electron chi connectivity index (χ4n) is 2.16. The molecule has 0 bridgehead atoms. The lowest BCUT2D eigenvalue weighted by Gasteiger charge is -2.05. The third-order valence-corrected chi connectivity index (χ3v) is 3.17. The Labute approximate surface area is 114 Å². The Morgan fingerprint density at radius 3 is 2.68 bits per heavy atom. The molecule has 1 heterocycles. The lowest BCUT2D eigenvalue weighted by atomic mass is 10.1. The number of ether oxygens (including phenoxy) is 1. The van der Waals surface area contributed by atoms with Crippen molar-refractivity contribution in [3.63, 3.8) is 0 Å². The average molecular weight is 261 g/mol. The number of aryl methyl sites for hydroxylation is 1. The zero-order valence-electron chi connectivity index (χ0n) is 12.2. The highest BCUT2D eigenvalue weighted by Gasteiger charge is 2.10. The van der Waals surface area contributed by atoms with Gasteiger partial charge in [-0.2, -0.15) is 0 Å². The van der Waals surface area contributed by atoms with E-state index < -0.39 is 0 Å². The summed E-state index contributed by atoms with van der Waals surface area (Å²) in [5.41, 5.74) is 2.12. The lowest BCUT2D eigenvalue weighted by molar-refractivity contribution is 0.405. The molecular formula is C16H23NO2. The maximum atomic E-state index is 5.88. The van der Waals surface area contributed by atoms with Crippen LogP contribution in [0.5, 0.6) is 5.75 Å². The van der Waals surface area contributed by atoms with Crippen molar-refractivity contribution in [3.8, 4) is 5.75 Å².